The van der Waals surface area contributed by atoms with Crippen molar-refractivity contribution in [2.75, 3.05) is 0 Å². The van der Waals surface area contributed by atoms with Gasteiger partial charge in [0.1, 0.15) is 12.4 Å². The molecule has 4 heteroatoms. The highest BCUT2D eigenvalue weighted by molar-refractivity contribution is 5.53. The molecule has 0 saturated heterocycles. The van der Waals surface area contributed by atoms with Gasteiger partial charge in [-0.1, -0.05) is 13.8 Å². The van der Waals surface area contributed by atoms with E-state index in [0.29, 0.717) is 12.7 Å². The number of hydrogen-bond donors (Lipinski definition) is 3. The summed E-state index contributed by atoms with van der Waals surface area (Å²) in [6.07, 6.45) is -2.49. The molecule has 0 aliphatic heterocycles. The first-order valence-corrected chi connectivity index (χ1v) is 4.04. The lowest BCUT2D eigenvalue weighted by Crippen LogP contribution is -2.41. The molecule has 4 atom stereocenters. The van der Waals surface area contributed by atoms with Gasteiger partial charge in [0, 0.05) is 5.92 Å². The molecule has 0 aliphatic rings. The fourth-order valence-corrected chi connectivity index (χ4v) is 0.861. The lowest BCUT2D eigenvalue weighted by molar-refractivity contribution is -0.121. The molecule has 0 saturated carbocycles. The third kappa shape index (κ3) is 2.89. The first-order valence-electron chi connectivity index (χ1n) is 4.04. The molecule has 0 fully saturated rings. The minimum Gasteiger partial charge on any atom is -0.390 e. The van der Waals surface area contributed by atoms with E-state index in [1.54, 1.807) is 6.92 Å². The van der Waals surface area contributed by atoms with Gasteiger partial charge in [0.25, 0.3) is 0 Å². The molecule has 0 amide bonds. The van der Waals surface area contributed by atoms with Gasteiger partial charge in [0.15, 0.2) is 0 Å². The Morgan fingerprint density at radius 3 is 2.08 bits per heavy atom. The number of aldehydes is 1. The van der Waals surface area contributed by atoms with Gasteiger partial charge in [-0.15, -0.1) is 0 Å². The van der Waals surface area contributed by atoms with Crippen LogP contribution >= 0.6 is 0 Å². The summed E-state index contributed by atoms with van der Waals surface area (Å²) in [6.45, 7) is 3.18. The van der Waals surface area contributed by atoms with Crippen LogP contribution in [0.2, 0.25) is 0 Å². The largest absolute Gasteiger partial charge is 0.390 e. The summed E-state index contributed by atoms with van der Waals surface area (Å²) >= 11 is 0. The molecule has 4 unspecified atom stereocenters. The monoisotopic (exact) mass is 176 g/mol. The number of carbonyl (C=O) groups is 1. The minimum atomic E-state index is -1.24. The van der Waals surface area contributed by atoms with Gasteiger partial charge < -0.3 is 20.1 Å². The zero-order valence-electron chi connectivity index (χ0n) is 7.34. The second-order valence-corrected chi connectivity index (χ2v) is 2.95. The van der Waals surface area contributed by atoms with Gasteiger partial charge >= 0.3 is 0 Å². The number of hydrogen-bond acceptors (Lipinski definition) is 4. The van der Waals surface area contributed by atoms with Crippen molar-refractivity contribution in [1.29, 1.82) is 0 Å². The molecule has 12 heavy (non-hydrogen) atoms. The summed E-state index contributed by atoms with van der Waals surface area (Å²) in [4.78, 5) is 10.2. The van der Waals surface area contributed by atoms with Crippen LogP contribution in [0.25, 0.3) is 0 Å². The molecular weight excluding hydrogens is 160 g/mol. The van der Waals surface area contributed by atoms with Gasteiger partial charge in [0.2, 0.25) is 0 Å². The van der Waals surface area contributed by atoms with E-state index >= 15 is 0 Å². The number of aliphatic hydroxyl groups is 3. The highest BCUT2D eigenvalue weighted by atomic mass is 16.4. The second-order valence-electron chi connectivity index (χ2n) is 2.95. The Labute approximate surface area is 71.8 Å². The molecule has 3 N–H and O–H groups in total. The maximum absolute atomic E-state index is 10.2. The Balaban J connectivity index is 4.07. The summed E-state index contributed by atoms with van der Waals surface area (Å²) in [5.74, 6) is -0.652. The second kappa shape index (κ2) is 5.24. The number of aliphatic hydroxyl groups excluding tert-OH is 3. The van der Waals surface area contributed by atoms with E-state index < -0.39 is 24.2 Å². The molecule has 0 bridgehead atoms. The lowest BCUT2D eigenvalue weighted by atomic mass is 9.96. The minimum absolute atomic E-state index is 0.351. The Kier molecular flexibility index (Phi) is 5.04. The molecule has 72 valence electrons. The zero-order valence-corrected chi connectivity index (χ0v) is 7.34. The van der Waals surface area contributed by atoms with Gasteiger partial charge in [0.05, 0.1) is 12.2 Å². The fourth-order valence-electron chi connectivity index (χ4n) is 0.861. The van der Waals surface area contributed by atoms with E-state index in [4.69, 9.17) is 5.11 Å². The van der Waals surface area contributed by atoms with E-state index in [0.717, 1.165) is 0 Å². The van der Waals surface area contributed by atoms with Crippen molar-refractivity contribution in [2.24, 2.45) is 5.92 Å². The smallest absolute Gasteiger partial charge is 0.125 e. The Morgan fingerprint density at radius 1 is 1.25 bits per heavy atom. The van der Waals surface area contributed by atoms with E-state index in [1.165, 1.54) is 6.92 Å². The third-order valence-corrected chi connectivity index (χ3v) is 1.92. The molecule has 0 spiro atoms. The van der Waals surface area contributed by atoms with Gasteiger partial charge in [-0.05, 0) is 6.42 Å². The highest BCUT2D eigenvalue weighted by Crippen LogP contribution is 2.10. The molecule has 0 aromatic carbocycles. The molecule has 0 aromatic heterocycles. The Morgan fingerprint density at radius 2 is 1.75 bits per heavy atom. The SMILES string of the molecule is CCC(O)C(O)C(O)C(C)C=O. The molecule has 0 radical (unpaired) electrons. The lowest BCUT2D eigenvalue weighted by Gasteiger charge is -2.23. The topological polar surface area (TPSA) is 77.8 Å². The highest BCUT2D eigenvalue weighted by Gasteiger charge is 2.27. The van der Waals surface area contributed by atoms with Crippen molar-refractivity contribution in [3.05, 3.63) is 0 Å². The first kappa shape index (κ1) is 11.6. The van der Waals surface area contributed by atoms with Crippen molar-refractivity contribution < 1.29 is 20.1 Å². The average Bonchev–Trinajstić information content (AvgIpc) is 2.12. The van der Waals surface area contributed by atoms with Gasteiger partial charge in [-0.3, -0.25) is 0 Å². The van der Waals surface area contributed by atoms with Crippen LogP contribution in [0.15, 0.2) is 0 Å². The van der Waals surface area contributed by atoms with Crippen LogP contribution in [-0.4, -0.2) is 39.9 Å². The summed E-state index contributed by atoms with van der Waals surface area (Å²) in [7, 11) is 0. The Hall–Kier alpha value is -0.450. The van der Waals surface area contributed by atoms with Gasteiger partial charge in [-0.25, -0.2) is 0 Å². The van der Waals surface area contributed by atoms with Crippen molar-refractivity contribution in [3.8, 4) is 0 Å². The van der Waals surface area contributed by atoms with Crippen LogP contribution in [0.4, 0.5) is 0 Å². The number of rotatable bonds is 5. The van der Waals surface area contributed by atoms with Crippen LogP contribution in [0.1, 0.15) is 20.3 Å². The predicted molar refractivity (Wildman–Crippen MR) is 43.5 cm³/mol. The van der Waals surface area contributed by atoms with E-state index in [2.05, 4.69) is 0 Å². The van der Waals surface area contributed by atoms with Gasteiger partial charge in [-0.2, -0.15) is 0 Å². The van der Waals surface area contributed by atoms with Crippen LogP contribution in [-0.2, 0) is 4.79 Å². The normalized spacial score (nSPS) is 21.1. The zero-order chi connectivity index (χ0) is 9.72. The maximum Gasteiger partial charge on any atom is 0.125 e. The van der Waals surface area contributed by atoms with E-state index in [-0.39, 0.29) is 0 Å². The number of carbonyl (C=O) groups excluding carboxylic acids is 1. The summed E-state index contributed by atoms with van der Waals surface area (Å²) < 4.78 is 0. The summed E-state index contributed by atoms with van der Waals surface area (Å²) in [5.41, 5.74) is 0. The molecule has 0 heterocycles. The first-order chi connectivity index (χ1) is 5.54. The van der Waals surface area contributed by atoms with Crippen LogP contribution in [0, 0.1) is 5.92 Å². The van der Waals surface area contributed by atoms with Crippen molar-refractivity contribution >= 4 is 6.29 Å². The van der Waals surface area contributed by atoms with Crippen LogP contribution < -0.4 is 0 Å². The van der Waals surface area contributed by atoms with Crippen molar-refractivity contribution in [2.45, 2.75) is 38.6 Å². The Bertz CT molecular complexity index is 137. The summed E-state index contributed by atoms with van der Waals surface area (Å²) in [5, 5.41) is 27.6. The molecule has 0 rings (SSSR count). The molecule has 0 aliphatic carbocycles. The van der Waals surface area contributed by atoms with Crippen molar-refractivity contribution in [3.63, 3.8) is 0 Å². The quantitative estimate of drug-likeness (QED) is 0.485. The molecular formula is C8H16O4. The van der Waals surface area contributed by atoms with Crippen LogP contribution in [0.5, 0.6) is 0 Å². The summed E-state index contributed by atoms with van der Waals surface area (Å²) in [6, 6.07) is 0. The predicted octanol–water partition coefficient (Wildman–Crippen LogP) is -0.686. The standard InChI is InChI=1S/C8H16O4/c1-3-6(10)8(12)7(11)5(2)4-9/h4-8,10-12H,3H2,1-2H3. The van der Waals surface area contributed by atoms with Crippen molar-refractivity contribution in [1.82, 2.24) is 0 Å². The molecule has 4 nitrogen and oxygen atoms in total. The fraction of sp³-hybridized carbons (Fsp3) is 0.875. The maximum atomic E-state index is 10.2. The average molecular weight is 176 g/mol. The van der Waals surface area contributed by atoms with E-state index in [1.807, 2.05) is 0 Å². The van der Waals surface area contributed by atoms with Crippen LogP contribution in [0.3, 0.4) is 0 Å². The van der Waals surface area contributed by atoms with E-state index in [9.17, 15) is 15.0 Å². The third-order valence-electron chi connectivity index (χ3n) is 1.92. The molecule has 0 aromatic rings.